The topological polar surface area (TPSA) is 84.6 Å². The van der Waals surface area contributed by atoms with Crippen molar-refractivity contribution in [1.82, 2.24) is 5.32 Å². The van der Waals surface area contributed by atoms with E-state index >= 15 is 0 Å². The maximum atomic E-state index is 10.5. The van der Waals surface area contributed by atoms with Crippen molar-refractivity contribution in [2.75, 3.05) is 19.7 Å². The van der Waals surface area contributed by atoms with Crippen LogP contribution >= 0.6 is 0 Å². The van der Waals surface area contributed by atoms with Crippen molar-refractivity contribution in [3.05, 3.63) is 34.4 Å². The van der Waals surface area contributed by atoms with Gasteiger partial charge in [-0.1, -0.05) is 6.92 Å². The monoisotopic (exact) mass is 268 g/mol. The standard InChI is InChI=1S/C13H20N2O4/c1-2-12(16)7-8-14-9-10-19-13-5-3-11(4-6-13)15(17)18/h3-6,12,14,16H,2,7-10H2,1H3. The van der Waals surface area contributed by atoms with Crippen LogP contribution in [0, 0.1) is 10.1 Å². The van der Waals surface area contributed by atoms with E-state index in [0.29, 0.717) is 18.9 Å². The molecule has 0 aromatic heterocycles. The number of nitro benzene ring substituents is 1. The van der Waals surface area contributed by atoms with Crippen molar-refractivity contribution in [3.8, 4) is 5.75 Å². The molecule has 0 spiro atoms. The van der Waals surface area contributed by atoms with E-state index in [4.69, 9.17) is 4.74 Å². The number of nitro groups is 1. The summed E-state index contributed by atoms with van der Waals surface area (Å²) in [7, 11) is 0. The molecular formula is C13H20N2O4. The summed E-state index contributed by atoms with van der Waals surface area (Å²) in [4.78, 5) is 10.0. The van der Waals surface area contributed by atoms with E-state index in [1.54, 1.807) is 12.1 Å². The average molecular weight is 268 g/mol. The van der Waals surface area contributed by atoms with E-state index in [1.807, 2.05) is 6.92 Å². The summed E-state index contributed by atoms with van der Waals surface area (Å²) in [5.41, 5.74) is 0.0547. The minimum atomic E-state index is -0.440. The van der Waals surface area contributed by atoms with E-state index in [9.17, 15) is 15.2 Å². The molecule has 1 unspecified atom stereocenters. The Hall–Kier alpha value is -1.66. The fraction of sp³-hybridized carbons (Fsp3) is 0.538. The smallest absolute Gasteiger partial charge is 0.269 e. The van der Waals surface area contributed by atoms with Crippen LogP contribution in [0.5, 0.6) is 5.75 Å². The van der Waals surface area contributed by atoms with Crippen molar-refractivity contribution < 1.29 is 14.8 Å². The highest BCUT2D eigenvalue weighted by Crippen LogP contribution is 2.16. The average Bonchev–Trinajstić information content (AvgIpc) is 2.42. The zero-order valence-electron chi connectivity index (χ0n) is 11.0. The third-order valence-electron chi connectivity index (χ3n) is 2.72. The summed E-state index contributed by atoms with van der Waals surface area (Å²) in [5, 5.41) is 23.0. The van der Waals surface area contributed by atoms with Gasteiger partial charge in [-0.3, -0.25) is 10.1 Å². The molecule has 0 amide bonds. The number of ether oxygens (including phenoxy) is 1. The van der Waals surface area contributed by atoms with Gasteiger partial charge in [-0.05, 0) is 31.5 Å². The molecule has 0 saturated heterocycles. The first kappa shape index (κ1) is 15.4. The highest BCUT2D eigenvalue weighted by atomic mass is 16.6. The van der Waals surface area contributed by atoms with Gasteiger partial charge in [-0.25, -0.2) is 0 Å². The van der Waals surface area contributed by atoms with E-state index in [0.717, 1.165) is 19.4 Å². The molecule has 19 heavy (non-hydrogen) atoms. The molecule has 0 aliphatic heterocycles. The molecule has 2 N–H and O–H groups in total. The quantitative estimate of drug-likeness (QED) is 0.405. The van der Waals surface area contributed by atoms with Crippen LogP contribution in [0.1, 0.15) is 19.8 Å². The number of nitrogens with zero attached hydrogens (tertiary/aromatic N) is 1. The predicted molar refractivity (Wildman–Crippen MR) is 72.4 cm³/mol. The third-order valence-corrected chi connectivity index (χ3v) is 2.72. The van der Waals surface area contributed by atoms with Gasteiger partial charge in [0.25, 0.3) is 5.69 Å². The Kier molecular flexibility index (Phi) is 6.84. The van der Waals surface area contributed by atoms with Crippen molar-refractivity contribution in [3.63, 3.8) is 0 Å². The lowest BCUT2D eigenvalue weighted by atomic mass is 10.2. The predicted octanol–water partition coefficient (Wildman–Crippen LogP) is 1.72. The Balaban J connectivity index is 2.14. The summed E-state index contributed by atoms with van der Waals surface area (Å²) in [6.45, 7) is 3.86. The molecule has 0 fully saturated rings. The second kappa shape index (κ2) is 8.44. The summed E-state index contributed by atoms with van der Waals surface area (Å²) in [6.07, 6.45) is 1.25. The molecule has 0 aliphatic carbocycles. The number of hydrogen-bond acceptors (Lipinski definition) is 5. The zero-order chi connectivity index (χ0) is 14.1. The van der Waals surface area contributed by atoms with Gasteiger partial charge in [-0.15, -0.1) is 0 Å². The molecule has 0 radical (unpaired) electrons. The fourth-order valence-electron chi connectivity index (χ4n) is 1.50. The Labute approximate surface area is 112 Å². The van der Waals surface area contributed by atoms with Gasteiger partial charge >= 0.3 is 0 Å². The Bertz CT molecular complexity index is 381. The summed E-state index contributed by atoms with van der Waals surface area (Å²) >= 11 is 0. The number of aliphatic hydroxyl groups excluding tert-OH is 1. The number of hydrogen-bond donors (Lipinski definition) is 2. The van der Waals surface area contributed by atoms with Crippen LogP contribution in [0.25, 0.3) is 0 Å². The van der Waals surface area contributed by atoms with E-state index < -0.39 is 4.92 Å². The lowest BCUT2D eigenvalue weighted by Gasteiger charge is -2.09. The van der Waals surface area contributed by atoms with Crippen molar-refractivity contribution >= 4 is 5.69 Å². The molecule has 0 saturated carbocycles. The maximum absolute atomic E-state index is 10.5. The molecule has 1 aromatic rings. The molecule has 106 valence electrons. The van der Waals surface area contributed by atoms with E-state index in [-0.39, 0.29) is 11.8 Å². The van der Waals surface area contributed by atoms with Crippen LogP contribution in [-0.2, 0) is 0 Å². The molecule has 0 heterocycles. The van der Waals surface area contributed by atoms with E-state index in [1.165, 1.54) is 12.1 Å². The number of benzene rings is 1. The third kappa shape index (κ3) is 6.17. The molecule has 6 heteroatoms. The second-order valence-corrected chi connectivity index (χ2v) is 4.20. The van der Waals surface area contributed by atoms with Crippen LogP contribution < -0.4 is 10.1 Å². The number of aliphatic hydroxyl groups is 1. The van der Waals surface area contributed by atoms with Crippen LogP contribution in [-0.4, -0.2) is 35.8 Å². The van der Waals surface area contributed by atoms with Crippen molar-refractivity contribution in [2.24, 2.45) is 0 Å². The highest BCUT2D eigenvalue weighted by Gasteiger charge is 2.04. The van der Waals surface area contributed by atoms with Crippen LogP contribution in [0.4, 0.5) is 5.69 Å². The SMILES string of the molecule is CCC(O)CCNCCOc1ccc([N+](=O)[O-])cc1. The first-order valence-corrected chi connectivity index (χ1v) is 6.39. The molecule has 1 rings (SSSR count). The first-order valence-electron chi connectivity index (χ1n) is 6.39. The summed E-state index contributed by atoms with van der Waals surface area (Å²) in [6, 6.07) is 6.00. The highest BCUT2D eigenvalue weighted by molar-refractivity contribution is 5.35. The van der Waals surface area contributed by atoms with Crippen LogP contribution in [0.15, 0.2) is 24.3 Å². The summed E-state index contributed by atoms with van der Waals surface area (Å²) in [5.74, 6) is 0.612. The maximum Gasteiger partial charge on any atom is 0.269 e. The molecule has 1 aromatic carbocycles. The van der Waals surface area contributed by atoms with Crippen molar-refractivity contribution in [1.29, 1.82) is 0 Å². The van der Waals surface area contributed by atoms with E-state index in [2.05, 4.69) is 5.32 Å². The normalized spacial score (nSPS) is 12.1. The van der Waals surface area contributed by atoms with Crippen LogP contribution in [0.3, 0.4) is 0 Å². The van der Waals surface area contributed by atoms with Gasteiger partial charge in [0.2, 0.25) is 0 Å². The zero-order valence-corrected chi connectivity index (χ0v) is 11.0. The Morgan fingerprint density at radius 1 is 1.37 bits per heavy atom. The van der Waals surface area contributed by atoms with Crippen molar-refractivity contribution in [2.45, 2.75) is 25.9 Å². The minimum Gasteiger partial charge on any atom is -0.492 e. The first-order chi connectivity index (χ1) is 9.13. The molecule has 1 atom stereocenters. The van der Waals surface area contributed by atoms with Crippen LogP contribution in [0.2, 0.25) is 0 Å². The number of rotatable bonds is 9. The number of non-ortho nitro benzene ring substituents is 1. The van der Waals surface area contributed by atoms with Gasteiger partial charge < -0.3 is 15.2 Å². The number of nitrogens with one attached hydrogen (secondary N) is 1. The summed E-state index contributed by atoms with van der Waals surface area (Å²) < 4.78 is 5.43. The van der Waals surface area contributed by atoms with Gasteiger partial charge in [0.15, 0.2) is 0 Å². The van der Waals surface area contributed by atoms with Gasteiger partial charge in [-0.2, -0.15) is 0 Å². The molecule has 0 bridgehead atoms. The lowest BCUT2D eigenvalue weighted by molar-refractivity contribution is -0.384. The van der Waals surface area contributed by atoms with Gasteiger partial charge in [0.05, 0.1) is 11.0 Å². The molecular weight excluding hydrogens is 248 g/mol. The molecule has 0 aliphatic rings. The lowest BCUT2D eigenvalue weighted by Crippen LogP contribution is -2.24. The molecule has 6 nitrogen and oxygen atoms in total. The largest absolute Gasteiger partial charge is 0.492 e. The van der Waals surface area contributed by atoms with Gasteiger partial charge in [0.1, 0.15) is 12.4 Å². The Morgan fingerprint density at radius 2 is 2.05 bits per heavy atom. The van der Waals surface area contributed by atoms with Gasteiger partial charge in [0, 0.05) is 18.7 Å². The Morgan fingerprint density at radius 3 is 2.63 bits per heavy atom. The minimum absolute atomic E-state index is 0.0547. The second-order valence-electron chi connectivity index (χ2n) is 4.20. The fourth-order valence-corrected chi connectivity index (χ4v) is 1.50.